The molecule has 0 radical (unpaired) electrons. The molecule has 190 valence electrons. The van der Waals surface area contributed by atoms with E-state index in [2.05, 4.69) is 10.6 Å². The molecule has 4 atom stereocenters. The highest BCUT2D eigenvalue weighted by Gasteiger charge is 2.28. The van der Waals surface area contributed by atoms with Crippen LogP contribution in [0.5, 0.6) is 0 Å². The van der Waals surface area contributed by atoms with Crippen molar-refractivity contribution in [3.63, 3.8) is 0 Å². The Hall–Kier alpha value is -3.51. The topological polar surface area (TPSA) is 173 Å². The number of anilines is 6. The third-order valence-electron chi connectivity index (χ3n) is 6.43. The van der Waals surface area contributed by atoms with Crippen molar-refractivity contribution in [2.75, 3.05) is 46.6 Å². The second kappa shape index (κ2) is 10.6. The normalized spacial score (nSPS) is 24.4. The quantitative estimate of drug-likeness (QED) is 0.292. The molecule has 0 spiro atoms. The highest BCUT2D eigenvalue weighted by atomic mass is 15.4. The maximum absolute atomic E-state index is 6.26. The van der Waals surface area contributed by atoms with Crippen LogP contribution in [0, 0.1) is 0 Å². The summed E-state index contributed by atoms with van der Waals surface area (Å²) >= 11 is 0. The SMILES string of the molecule is N[C@@H]1C[C@H](N)CN(c2nc(Nc3ccccc3Nc3ccccc3)nc(N3C[C@H](N)C[C@H](N)C3)n2)C1. The number of nitrogens with two attached hydrogens (primary N) is 4. The van der Waals surface area contributed by atoms with Gasteiger partial charge in [0, 0.05) is 56.0 Å². The van der Waals surface area contributed by atoms with Gasteiger partial charge in [-0.15, -0.1) is 0 Å². The summed E-state index contributed by atoms with van der Waals surface area (Å²) in [7, 11) is 0. The Kier molecular flexibility index (Phi) is 7.14. The fourth-order valence-corrected chi connectivity index (χ4v) is 4.88. The predicted molar refractivity (Wildman–Crippen MR) is 145 cm³/mol. The largest absolute Gasteiger partial charge is 0.354 e. The van der Waals surface area contributed by atoms with E-state index in [9.17, 15) is 0 Å². The first-order valence-electron chi connectivity index (χ1n) is 12.4. The Morgan fingerprint density at radius 3 is 1.53 bits per heavy atom. The lowest BCUT2D eigenvalue weighted by Gasteiger charge is -2.37. The van der Waals surface area contributed by atoms with Crippen LogP contribution in [-0.2, 0) is 0 Å². The molecule has 0 unspecified atom stereocenters. The van der Waals surface area contributed by atoms with Crippen molar-refractivity contribution in [1.29, 1.82) is 0 Å². The summed E-state index contributed by atoms with van der Waals surface area (Å²) in [4.78, 5) is 18.4. The van der Waals surface area contributed by atoms with Crippen LogP contribution < -0.4 is 43.4 Å². The van der Waals surface area contributed by atoms with Crippen molar-refractivity contribution < 1.29 is 0 Å². The average molecular weight is 490 g/mol. The predicted octanol–water partition coefficient (Wildman–Crippen LogP) is 1.09. The standard InChI is InChI=1S/C25H35N11/c26-16-10-17(27)13-35(12-16)24-32-23(33-25(34-24)36-14-18(28)11-19(29)15-36)31-22-9-5-4-8-21(22)30-20-6-2-1-3-7-20/h1-9,16-19,30H,10-15,26-29H2,(H,31,32,33,34)/t16-,17+,18-,19+. The molecule has 0 saturated carbocycles. The van der Waals surface area contributed by atoms with Gasteiger partial charge in [-0.2, -0.15) is 15.0 Å². The Balaban J connectivity index is 1.48. The Morgan fingerprint density at radius 2 is 1.03 bits per heavy atom. The zero-order chi connectivity index (χ0) is 25.1. The zero-order valence-electron chi connectivity index (χ0n) is 20.3. The first-order chi connectivity index (χ1) is 17.4. The molecule has 5 rings (SSSR count). The van der Waals surface area contributed by atoms with E-state index in [4.69, 9.17) is 37.9 Å². The van der Waals surface area contributed by atoms with Crippen LogP contribution in [0.2, 0.25) is 0 Å². The van der Waals surface area contributed by atoms with Crippen molar-refractivity contribution in [2.45, 2.75) is 37.0 Å². The van der Waals surface area contributed by atoms with Crippen molar-refractivity contribution in [3.05, 3.63) is 54.6 Å². The minimum atomic E-state index is -0.0435. The van der Waals surface area contributed by atoms with E-state index < -0.39 is 0 Å². The van der Waals surface area contributed by atoms with Gasteiger partial charge in [-0.05, 0) is 37.1 Å². The molecule has 2 aromatic carbocycles. The third-order valence-corrected chi connectivity index (χ3v) is 6.43. The summed E-state index contributed by atoms with van der Waals surface area (Å²) in [6, 6.07) is 17.8. The van der Waals surface area contributed by atoms with Crippen molar-refractivity contribution in [3.8, 4) is 0 Å². The van der Waals surface area contributed by atoms with Gasteiger partial charge in [-0.1, -0.05) is 30.3 Å². The van der Waals surface area contributed by atoms with Crippen LogP contribution >= 0.6 is 0 Å². The third kappa shape index (κ3) is 5.82. The Labute approximate surface area is 211 Å². The molecule has 2 aliphatic rings. The molecule has 3 heterocycles. The van der Waals surface area contributed by atoms with E-state index in [0.29, 0.717) is 44.0 Å². The highest BCUT2D eigenvalue weighted by molar-refractivity contribution is 5.77. The van der Waals surface area contributed by atoms with Crippen LogP contribution in [0.1, 0.15) is 12.8 Å². The lowest BCUT2D eigenvalue weighted by Crippen LogP contribution is -2.54. The van der Waals surface area contributed by atoms with Crippen LogP contribution in [0.15, 0.2) is 54.6 Å². The second-order valence-electron chi connectivity index (χ2n) is 9.74. The Bertz CT molecular complexity index is 1090. The van der Waals surface area contributed by atoms with E-state index in [-0.39, 0.29) is 24.2 Å². The molecule has 1 aromatic heterocycles. The molecule has 2 fully saturated rings. The lowest BCUT2D eigenvalue weighted by atomic mass is 10.0. The molecule has 3 aromatic rings. The number of para-hydroxylation sites is 3. The zero-order valence-corrected chi connectivity index (χ0v) is 20.3. The van der Waals surface area contributed by atoms with Gasteiger partial charge < -0.3 is 43.4 Å². The maximum atomic E-state index is 6.26. The molecular formula is C25H35N11. The maximum Gasteiger partial charge on any atom is 0.233 e. The summed E-state index contributed by atoms with van der Waals surface area (Å²) in [5.74, 6) is 1.50. The van der Waals surface area contributed by atoms with Crippen LogP contribution in [0.3, 0.4) is 0 Å². The summed E-state index contributed by atoms with van der Waals surface area (Å²) in [5, 5.41) is 6.84. The molecule has 10 N–H and O–H groups in total. The van der Waals surface area contributed by atoms with E-state index in [1.165, 1.54) is 0 Å². The van der Waals surface area contributed by atoms with Crippen LogP contribution in [-0.4, -0.2) is 65.3 Å². The summed E-state index contributed by atoms with van der Waals surface area (Å²) in [6.07, 6.45) is 1.54. The number of nitrogens with one attached hydrogen (secondary N) is 2. The molecule has 0 amide bonds. The molecule has 2 aliphatic heterocycles. The fraction of sp³-hybridized carbons (Fsp3) is 0.400. The number of piperidine rings is 2. The monoisotopic (exact) mass is 489 g/mol. The van der Waals surface area contributed by atoms with Crippen molar-refractivity contribution in [2.24, 2.45) is 22.9 Å². The molecule has 2 saturated heterocycles. The van der Waals surface area contributed by atoms with Gasteiger partial charge in [-0.3, -0.25) is 0 Å². The number of rotatable bonds is 6. The van der Waals surface area contributed by atoms with E-state index in [1.54, 1.807) is 0 Å². The van der Waals surface area contributed by atoms with Crippen molar-refractivity contribution in [1.82, 2.24) is 15.0 Å². The average Bonchev–Trinajstić information content (AvgIpc) is 2.84. The molecule has 11 heteroatoms. The molecule has 36 heavy (non-hydrogen) atoms. The first kappa shape index (κ1) is 24.2. The molecule has 11 nitrogen and oxygen atoms in total. The highest BCUT2D eigenvalue weighted by Crippen LogP contribution is 2.29. The van der Waals surface area contributed by atoms with E-state index in [1.807, 2.05) is 64.4 Å². The van der Waals surface area contributed by atoms with Gasteiger partial charge in [-0.25, -0.2) is 0 Å². The first-order valence-corrected chi connectivity index (χ1v) is 12.4. The van der Waals surface area contributed by atoms with E-state index in [0.717, 1.165) is 29.9 Å². The molecule has 0 bridgehead atoms. The lowest BCUT2D eigenvalue weighted by molar-refractivity contribution is 0.441. The van der Waals surface area contributed by atoms with Gasteiger partial charge >= 0.3 is 0 Å². The van der Waals surface area contributed by atoms with Crippen LogP contribution in [0.4, 0.5) is 34.9 Å². The summed E-state index contributed by atoms with van der Waals surface area (Å²) in [5.41, 5.74) is 27.8. The Morgan fingerprint density at radius 1 is 0.583 bits per heavy atom. The van der Waals surface area contributed by atoms with Gasteiger partial charge in [0.2, 0.25) is 17.8 Å². The molecule has 0 aliphatic carbocycles. The number of hydrogen-bond acceptors (Lipinski definition) is 11. The van der Waals surface area contributed by atoms with E-state index >= 15 is 0 Å². The van der Waals surface area contributed by atoms with Gasteiger partial charge in [0.15, 0.2) is 0 Å². The number of aromatic nitrogens is 3. The van der Waals surface area contributed by atoms with Gasteiger partial charge in [0.05, 0.1) is 11.4 Å². The number of nitrogens with zero attached hydrogens (tertiary/aromatic N) is 5. The minimum Gasteiger partial charge on any atom is -0.354 e. The van der Waals surface area contributed by atoms with Crippen LogP contribution in [0.25, 0.3) is 0 Å². The number of hydrogen-bond donors (Lipinski definition) is 6. The smallest absolute Gasteiger partial charge is 0.233 e. The van der Waals surface area contributed by atoms with Gasteiger partial charge in [0.1, 0.15) is 0 Å². The summed E-state index contributed by atoms with van der Waals surface area (Å²) in [6.45, 7) is 2.51. The number of benzene rings is 2. The van der Waals surface area contributed by atoms with Crippen molar-refractivity contribution >= 4 is 34.9 Å². The minimum absolute atomic E-state index is 0.0435. The fourth-order valence-electron chi connectivity index (χ4n) is 4.88. The second-order valence-corrected chi connectivity index (χ2v) is 9.74. The van der Waals surface area contributed by atoms with Gasteiger partial charge in [0.25, 0.3) is 0 Å². The summed E-state index contributed by atoms with van der Waals surface area (Å²) < 4.78 is 0. The molecular weight excluding hydrogens is 454 g/mol.